The Labute approximate surface area is 170 Å². The van der Waals surface area contributed by atoms with Crippen LogP contribution in [0.3, 0.4) is 0 Å². The highest BCUT2D eigenvalue weighted by atomic mass is 16.4. The fraction of sp³-hybridized carbons (Fsp3) is 0.348. The molecule has 5 N–H and O–H groups in total. The van der Waals surface area contributed by atoms with Crippen LogP contribution in [0.4, 0.5) is 0 Å². The quantitative estimate of drug-likeness (QED) is 0.356. The number of benzene rings is 2. The summed E-state index contributed by atoms with van der Waals surface area (Å²) in [5, 5.41) is 52.8. The molecular weight excluding hydrogens is 372 g/mol. The lowest BCUT2D eigenvalue weighted by atomic mass is 9.79. The summed E-state index contributed by atoms with van der Waals surface area (Å²) < 4.78 is 0. The lowest BCUT2D eigenvalue weighted by molar-refractivity contribution is -0.173. The third-order valence-electron chi connectivity index (χ3n) is 4.93. The number of ketones is 1. The van der Waals surface area contributed by atoms with Crippen LogP contribution >= 0.6 is 0 Å². The molecule has 29 heavy (non-hydrogen) atoms. The number of hydrogen-bond acceptors (Lipinski definition) is 6. The van der Waals surface area contributed by atoms with Crippen LogP contribution in [0.1, 0.15) is 17.5 Å². The van der Waals surface area contributed by atoms with Gasteiger partial charge in [-0.3, -0.25) is 4.79 Å². The molecule has 2 rings (SSSR count). The summed E-state index contributed by atoms with van der Waals surface area (Å²) in [6.07, 6.45) is -6.60. The molecule has 2 aromatic rings. The van der Waals surface area contributed by atoms with Crippen LogP contribution in [0, 0.1) is 0 Å². The number of aliphatic hydroxyl groups excluding tert-OH is 4. The maximum atomic E-state index is 11.8. The Bertz CT molecular complexity index is 735. The van der Waals surface area contributed by atoms with Crippen LogP contribution in [-0.2, 0) is 17.6 Å². The Morgan fingerprint density at radius 2 is 1.31 bits per heavy atom. The van der Waals surface area contributed by atoms with Gasteiger partial charge in [-0.05, 0) is 11.1 Å². The molecule has 0 radical (unpaired) electrons. The summed E-state index contributed by atoms with van der Waals surface area (Å²) in [4.78, 5) is 11.8. The number of Topliss-reactive ketones (excluding diaryl/α,β-unsaturated/α-hetero) is 1. The van der Waals surface area contributed by atoms with Gasteiger partial charge in [0.05, 0.1) is 0 Å². The fourth-order valence-electron chi connectivity index (χ4n) is 3.32. The van der Waals surface area contributed by atoms with E-state index in [1.165, 1.54) is 6.08 Å². The second-order valence-corrected chi connectivity index (χ2v) is 7.26. The summed E-state index contributed by atoms with van der Waals surface area (Å²) >= 11 is 0. The number of rotatable bonds is 11. The van der Waals surface area contributed by atoms with Gasteiger partial charge < -0.3 is 25.5 Å². The summed E-state index contributed by atoms with van der Waals surface area (Å²) in [6.45, 7) is 3.39. The highest BCUT2D eigenvalue weighted by Crippen LogP contribution is 2.27. The average molecular weight is 400 g/mol. The zero-order chi connectivity index (χ0) is 21.4. The largest absolute Gasteiger partial charge is 0.387 e. The standard InChI is InChI=1S/C23H28O6/c1-2-9-18(24)19(25)20(26)21(27)22(28)23(29,14-16-10-5-3-6-11-16)15-17-12-7-4-8-13-17/h2-8,10-13,19-22,25-29H,1,9,14-15H2/t19-,20+,21+,22-/m0/s1. The Hall–Kier alpha value is -2.35. The molecule has 0 heterocycles. The fourth-order valence-corrected chi connectivity index (χ4v) is 3.32. The van der Waals surface area contributed by atoms with Crippen LogP contribution in [-0.4, -0.2) is 61.3 Å². The van der Waals surface area contributed by atoms with Gasteiger partial charge in [-0.1, -0.05) is 66.7 Å². The second kappa shape index (κ2) is 10.4. The predicted molar refractivity (Wildman–Crippen MR) is 109 cm³/mol. The number of hydrogen-bond donors (Lipinski definition) is 5. The first kappa shape index (κ1) is 22.9. The highest BCUT2D eigenvalue weighted by molar-refractivity contribution is 5.84. The molecule has 2 aromatic carbocycles. The van der Waals surface area contributed by atoms with Gasteiger partial charge >= 0.3 is 0 Å². The van der Waals surface area contributed by atoms with Gasteiger partial charge in [0.15, 0.2) is 5.78 Å². The van der Waals surface area contributed by atoms with E-state index in [0.717, 1.165) is 11.1 Å². The molecule has 0 aromatic heterocycles. The van der Waals surface area contributed by atoms with Crippen molar-refractivity contribution in [2.24, 2.45) is 0 Å². The van der Waals surface area contributed by atoms with Gasteiger partial charge in [-0.25, -0.2) is 0 Å². The first-order valence-corrected chi connectivity index (χ1v) is 9.44. The van der Waals surface area contributed by atoms with E-state index in [0.29, 0.717) is 0 Å². The van der Waals surface area contributed by atoms with E-state index in [4.69, 9.17) is 0 Å². The molecule has 4 atom stereocenters. The zero-order valence-corrected chi connectivity index (χ0v) is 16.1. The van der Waals surface area contributed by atoms with E-state index in [9.17, 15) is 30.3 Å². The molecule has 0 unspecified atom stereocenters. The molecule has 0 bridgehead atoms. The molecule has 6 heteroatoms. The topological polar surface area (TPSA) is 118 Å². The highest BCUT2D eigenvalue weighted by Gasteiger charge is 2.45. The van der Waals surface area contributed by atoms with Gasteiger partial charge in [0.25, 0.3) is 0 Å². The molecule has 6 nitrogen and oxygen atoms in total. The number of carbonyl (C=O) groups is 1. The van der Waals surface area contributed by atoms with Gasteiger partial charge in [0.2, 0.25) is 0 Å². The van der Waals surface area contributed by atoms with Crippen LogP contribution in [0.15, 0.2) is 73.3 Å². The molecule has 0 fully saturated rings. The second-order valence-electron chi connectivity index (χ2n) is 7.26. The Kier molecular flexibility index (Phi) is 8.25. The zero-order valence-electron chi connectivity index (χ0n) is 16.1. The summed E-state index contributed by atoms with van der Waals surface area (Å²) in [5.41, 5.74) is -0.422. The molecule has 0 saturated heterocycles. The van der Waals surface area contributed by atoms with Gasteiger partial charge in [0.1, 0.15) is 30.0 Å². The van der Waals surface area contributed by atoms with E-state index in [1.54, 1.807) is 48.5 Å². The lowest BCUT2D eigenvalue weighted by Crippen LogP contribution is -2.58. The van der Waals surface area contributed by atoms with E-state index < -0.39 is 35.8 Å². The lowest BCUT2D eigenvalue weighted by Gasteiger charge is -2.38. The predicted octanol–water partition coefficient (Wildman–Crippen LogP) is 0.792. The number of aliphatic hydroxyl groups is 5. The first-order valence-electron chi connectivity index (χ1n) is 9.44. The van der Waals surface area contributed by atoms with Gasteiger partial charge in [-0.15, -0.1) is 6.58 Å². The van der Waals surface area contributed by atoms with Gasteiger partial charge in [0, 0.05) is 19.3 Å². The number of carbonyl (C=O) groups excluding carboxylic acids is 1. The molecule has 156 valence electrons. The van der Waals surface area contributed by atoms with Crippen LogP contribution < -0.4 is 0 Å². The molecule has 0 aliphatic carbocycles. The van der Waals surface area contributed by atoms with Crippen molar-refractivity contribution in [2.45, 2.75) is 49.3 Å². The molecule has 0 saturated carbocycles. The van der Waals surface area contributed by atoms with Gasteiger partial charge in [-0.2, -0.15) is 0 Å². The Balaban J connectivity index is 2.28. The van der Waals surface area contributed by atoms with Crippen molar-refractivity contribution < 1.29 is 30.3 Å². The van der Waals surface area contributed by atoms with Crippen molar-refractivity contribution in [2.75, 3.05) is 0 Å². The minimum Gasteiger partial charge on any atom is -0.387 e. The monoisotopic (exact) mass is 400 g/mol. The van der Waals surface area contributed by atoms with E-state index >= 15 is 0 Å². The Morgan fingerprint density at radius 3 is 1.72 bits per heavy atom. The maximum Gasteiger partial charge on any atom is 0.167 e. The summed E-state index contributed by atoms with van der Waals surface area (Å²) in [5.74, 6) is -0.742. The SMILES string of the molecule is C=CCC(=O)[C@H](O)[C@@H](O)[C@@H](O)[C@H](O)C(O)(Cc1ccccc1)Cc1ccccc1. The van der Waals surface area contributed by atoms with Crippen molar-refractivity contribution in [1.82, 2.24) is 0 Å². The Morgan fingerprint density at radius 1 is 0.862 bits per heavy atom. The van der Waals surface area contributed by atoms with Crippen molar-refractivity contribution in [3.8, 4) is 0 Å². The minimum atomic E-state index is -1.96. The van der Waals surface area contributed by atoms with Crippen molar-refractivity contribution >= 4 is 5.78 Å². The third-order valence-corrected chi connectivity index (χ3v) is 4.93. The van der Waals surface area contributed by atoms with E-state index in [2.05, 4.69) is 6.58 Å². The minimum absolute atomic E-state index is 0.00954. The smallest absolute Gasteiger partial charge is 0.167 e. The van der Waals surface area contributed by atoms with E-state index in [1.807, 2.05) is 12.1 Å². The number of allylic oxidation sites excluding steroid dienone is 1. The molecular formula is C23H28O6. The normalized spacial score (nSPS) is 15.9. The van der Waals surface area contributed by atoms with E-state index in [-0.39, 0.29) is 19.3 Å². The summed E-state index contributed by atoms with van der Waals surface area (Å²) in [7, 11) is 0. The average Bonchev–Trinajstić information content (AvgIpc) is 2.73. The molecule has 0 spiro atoms. The molecule has 0 amide bonds. The van der Waals surface area contributed by atoms with Crippen molar-refractivity contribution in [3.05, 3.63) is 84.4 Å². The third kappa shape index (κ3) is 6.06. The van der Waals surface area contributed by atoms with Crippen LogP contribution in [0.25, 0.3) is 0 Å². The molecule has 0 aliphatic rings. The maximum absolute atomic E-state index is 11.8. The molecule has 0 aliphatic heterocycles. The van der Waals surface area contributed by atoms with Crippen LogP contribution in [0.5, 0.6) is 0 Å². The van der Waals surface area contributed by atoms with Crippen molar-refractivity contribution in [1.29, 1.82) is 0 Å². The van der Waals surface area contributed by atoms with Crippen molar-refractivity contribution in [3.63, 3.8) is 0 Å². The summed E-state index contributed by atoms with van der Waals surface area (Å²) in [6, 6.07) is 17.9. The van der Waals surface area contributed by atoms with Crippen LogP contribution in [0.2, 0.25) is 0 Å². The first-order chi connectivity index (χ1) is 13.8.